The van der Waals surface area contributed by atoms with E-state index in [2.05, 4.69) is 22.4 Å². The van der Waals surface area contributed by atoms with Gasteiger partial charge in [-0.25, -0.2) is 4.98 Å². The van der Waals surface area contributed by atoms with Gasteiger partial charge in [-0.15, -0.1) is 11.3 Å². The van der Waals surface area contributed by atoms with Crippen molar-refractivity contribution in [2.75, 3.05) is 12.0 Å². The summed E-state index contributed by atoms with van der Waals surface area (Å²) in [7, 11) is 0. The number of ether oxygens (including phenoxy) is 1. The summed E-state index contributed by atoms with van der Waals surface area (Å²) >= 11 is 1.38. The molecule has 0 saturated carbocycles. The molecular weight excluding hydrogens is 376 g/mol. The van der Waals surface area contributed by atoms with Crippen molar-refractivity contribution in [2.24, 2.45) is 5.10 Å². The third kappa shape index (κ3) is 5.37. The number of hydrogen-bond acceptors (Lipinski definition) is 7. The number of nitro benzene ring substituents is 1. The van der Waals surface area contributed by atoms with Crippen molar-refractivity contribution in [1.29, 1.82) is 0 Å². The number of hydrogen-bond donors (Lipinski definition) is 1. The van der Waals surface area contributed by atoms with Crippen LogP contribution in [0.3, 0.4) is 0 Å². The van der Waals surface area contributed by atoms with Crippen LogP contribution in [0.2, 0.25) is 0 Å². The Morgan fingerprint density at radius 1 is 1.29 bits per heavy atom. The fraction of sp³-hybridized carbons (Fsp3) is 0.200. The van der Waals surface area contributed by atoms with Crippen LogP contribution in [-0.4, -0.2) is 22.7 Å². The van der Waals surface area contributed by atoms with Gasteiger partial charge in [0.25, 0.3) is 5.69 Å². The maximum atomic E-state index is 10.9. The molecule has 1 aromatic heterocycles. The van der Waals surface area contributed by atoms with E-state index in [1.165, 1.54) is 23.5 Å². The maximum Gasteiger partial charge on any atom is 0.270 e. The zero-order valence-electron chi connectivity index (χ0n) is 15.4. The summed E-state index contributed by atoms with van der Waals surface area (Å²) in [4.78, 5) is 14.9. The van der Waals surface area contributed by atoms with Crippen LogP contribution in [0.15, 0.2) is 59.0 Å². The van der Waals surface area contributed by atoms with Crippen molar-refractivity contribution in [1.82, 2.24) is 4.98 Å². The van der Waals surface area contributed by atoms with Gasteiger partial charge in [0.1, 0.15) is 5.75 Å². The highest BCUT2D eigenvalue weighted by Crippen LogP contribution is 2.27. The van der Waals surface area contributed by atoms with E-state index in [1.54, 1.807) is 18.3 Å². The lowest BCUT2D eigenvalue weighted by Gasteiger charge is -2.04. The van der Waals surface area contributed by atoms with Gasteiger partial charge in [0.15, 0.2) is 0 Å². The highest BCUT2D eigenvalue weighted by atomic mass is 32.1. The Balaban J connectivity index is 1.58. The Labute approximate surface area is 166 Å². The lowest BCUT2D eigenvalue weighted by molar-refractivity contribution is -0.384. The molecule has 0 atom stereocenters. The average Bonchev–Trinajstić information content (AvgIpc) is 3.18. The number of thiazole rings is 1. The van der Waals surface area contributed by atoms with E-state index in [4.69, 9.17) is 4.74 Å². The lowest BCUT2D eigenvalue weighted by atomic mass is 10.1. The van der Waals surface area contributed by atoms with Crippen LogP contribution in [0.4, 0.5) is 10.8 Å². The van der Waals surface area contributed by atoms with E-state index in [0.29, 0.717) is 16.4 Å². The van der Waals surface area contributed by atoms with E-state index in [9.17, 15) is 10.1 Å². The standard InChI is InChI=1S/C20H20N4O3S/c1-2-3-11-27-18-9-7-15(8-10-18)13-21-23-20-22-19(14-28-20)16-5-4-6-17(12-16)24(25)26/h4-10,12-14H,2-3,11H2,1H3,(H,22,23)/b21-13+. The highest BCUT2D eigenvalue weighted by Gasteiger charge is 2.09. The average molecular weight is 396 g/mol. The zero-order chi connectivity index (χ0) is 19.8. The molecule has 0 bridgehead atoms. The van der Waals surface area contributed by atoms with E-state index < -0.39 is 4.92 Å². The van der Waals surface area contributed by atoms with E-state index >= 15 is 0 Å². The number of non-ortho nitro benzene ring substituents is 1. The number of anilines is 1. The van der Waals surface area contributed by atoms with Crippen molar-refractivity contribution < 1.29 is 9.66 Å². The minimum atomic E-state index is -0.417. The van der Waals surface area contributed by atoms with Crippen molar-refractivity contribution in [2.45, 2.75) is 19.8 Å². The van der Waals surface area contributed by atoms with Crippen molar-refractivity contribution in [3.05, 3.63) is 69.6 Å². The molecule has 144 valence electrons. The van der Waals surface area contributed by atoms with Gasteiger partial charge in [0, 0.05) is 23.1 Å². The van der Waals surface area contributed by atoms with E-state index in [0.717, 1.165) is 30.8 Å². The summed E-state index contributed by atoms with van der Waals surface area (Å²) in [5, 5.41) is 17.5. The Kier molecular flexibility index (Phi) is 6.69. The van der Waals surface area contributed by atoms with Gasteiger partial charge in [0.2, 0.25) is 5.13 Å². The number of aromatic nitrogens is 1. The predicted molar refractivity (Wildman–Crippen MR) is 112 cm³/mol. The monoisotopic (exact) mass is 396 g/mol. The molecule has 3 rings (SSSR count). The molecule has 0 unspecified atom stereocenters. The SMILES string of the molecule is CCCCOc1ccc(/C=N/Nc2nc(-c3cccc([N+](=O)[O-])c3)cs2)cc1. The first kappa shape index (κ1) is 19.5. The van der Waals surface area contributed by atoms with Gasteiger partial charge < -0.3 is 4.74 Å². The molecule has 0 spiro atoms. The highest BCUT2D eigenvalue weighted by molar-refractivity contribution is 7.14. The molecule has 3 aromatic rings. The molecule has 8 heteroatoms. The van der Waals surface area contributed by atoms with Crippen LogP contribution in [0.1, 0.15) is 25.3 Å². The second-order valence-corrected chi connectivity index (χ2v) is 6.84. The molecule has 0 saturated heterocycles. The minimum absolute atomic E-state index is 0.0418. The number of nitrogens with one attached hydrogen (secondary N) is 1. The number of rotatable bonds is 9. The summed E-state index contributed by atoms with van der Waals surface area (Å²) in [5.74, 6) is 0.847. The number of unbranched alkanes of at least 4 members (excludes halogenated alkanes) is 1. The predicted octanol–water partition coefficient (Wildman–Crippen LogP) is 5.34. The normalized spacial score (nSPS) is 10.9. The molecule has 0 aliphatic carbocycles. The summed E-state index contributed by atoms with van der Waals surface area (Å²) in [6.45, 7) is 2.85. The number of benzene rings is 2. The third-order valence-electron chi connectivity index (χ3n) is 3.88. The largest absolute Gasteiger partial charge is 0.494 e. The number of nitro groups is 1. The van der Waals surface area contributed by atoms with Gasteiger partial charge in [-0.2, -0.15) is 5.10 Å². The first-order valence-electron chi connectivity index (χ1n) is 8.88. The number of hydrazone groups is 1. The summed E-state index contributed by atoms with van der Waals surface area (Å²) in [6, 6.07) is 14.1. The topological polar surface area (TPSA) is 89.7 Å². The van der Waals surface area contributed by atoms with Crippen LogP contribution in [0.5, 0.6) is 5.75 Å². The molecular formula is C20H20N4O3S. The first-order valence-corrected chi connectivity index (χ1v) is 9.76. The number of nitrogens with zero attached hydrogens (tertiary/aromatic N) is 3. The Bertz CT molecular complexity index is 954. The van der Waals surface area contributed by atoms with Gasteiger partial charge in [0.05, 0.1) is 23.4 Å². The van der Waals surface area contributed by atoms with E-state index in [1.807, 2.05) is 29.6 Å². The second-order valence-electron chi connectivity index (χ2n) is 5.99. The fourth-order valence-electron chi connectivity index (χ4n) is 2.38. The lowest BCUT2D eigenvalue weighted by Crippen LogP contribution is -1.96. The first-order chi connectivity index (χ1) is 13.7. The quantitative estimate of drug-likeness (QED) is 0.228. The zero-order valence-corrected chi connectivity index (χ0v) is 16.2. The van der Waals surface area contributed by atoms with Gasteiger partial charge >= 0.3 is 0 Å². The van der Waals surface area contributed by atoms with Crippen molar-refractivity contribution >= 4 is 28.4 Å². The maximum absolute atomic E-state index is 10.9. The van der Waals surface area contributed by atoms with E-state index in [-0.39, 0.29) is 5.69 Å². The summed E-state index contributed by atoms with van der Waals surface area (Å²) in [5.41, 5.74) is 5.23. The minimum Gasteiger partial charge on any atom is -0.494 e. The molecule has 0 fully saturated rings. The Hall–Kier alpha value is -3.26. The molecule has 7 nitrogen and oxygen atoms in total. The molecule has 0 radical (unpaired) electrons. The second kappa shape index (κ2) is 9.61. The van der Waals surface area contributed by atoms with Crippen LogP contribution in [-0.2, 0) is 0 Å². The van der Waals surface area contributed by atoms with Gasteiger partial charge in [-0.3, -0.25) is 15.5 Å². The fourth-order valence-corrected chi connectivity index (χ4v) is 3.05. The molecule has 1 N–H and O–H groups in total. The van der Waals surface area contributed by atoms with Crippen LogP contribution >= 0.6 is 11.3 Å². The third-order valence-corrected chi connectivity index (χ3v) is 4.62. The summed E-state index contributed by atoms with van der Waals surface area (Å²) in [6.07, 6.45) is 3.85. The smallest absolute Gasteiger partial charge is 0.270 e. The molecule has 28 heavy (non-hydrogen) atoms. The van der Waals surface area contributed by atoms with Gasteiger partial charge in [-0.05, 0) is 36.2 Å². The summed E-state index contributed by atoms with van der Waals surface area (Å²) < 4.78 is 5.63. The molecule has 0 aliphatic rings. The molecule has 1 heterocycles. The van der Waals surface area contributed by atoms with Crippen LogP contribution in [0.25, 0.3) is 11.3 Å². The Morgan fingerprint density at radius 2 is 2.11 bits per heavy atom. The van der Waals surface area contributed by atoms with Gasteiger partial charge in [-0.1, -0.05) is 25.5 Å². The molecule has 0 aliphatic heterocycles. The van der Waals surface area contributed by atoms with Crippen molar-refractivity contribution in [3.8, 4) is 17.0 Å². The van der Waals surface area contributed by atoms with Crippen LogP contribution < -0.4 is 10.2 Å². The molecule has 2 aromatic carbocycles. The Morgan fingerprint density at radius 3 is 2.86 bits per heavy atom. The van der Waals surface area contributed by atoms with Crippen LogP contribution in [0, 0.1) is 10.1 Å². The molecule has 0 amide bonds. The van der Waals surface area contributed by atoms with Crippen molar-refractivity contribution in [3.63, 3.8) is 0 Å².